The summed E-state index contributed by atoms with van der Waals surface area (Å²) in [5.41, 5.74) is 2.25. The average Bonchev–Trinajstić information content (AvgIpc) is 3.32. The van der Waals surface area contributed by atoms with Gasteiger partial charge in [0.1, 0.15) is 5.76 Å². The zero-order valence-electron chi connectivity index (χ0n) is 14.1. The first-order valence-corrected chi connectivity index (χ1v) is 8.90. The van der Waals surface area contributed by atoms with E-state index in [2.05, 4.69) is 15.6 Å². The van der Waals surface area contributed by atoms with Gasteiger partial charge < -0.3 is 15.1 Å². The van der Waals surface area contributed by atoms with E-state index in [-0.39, 0.29) is 11.8 Å². The van der Waals surface area contributed by atoms with Gasteiger partial charge in [0.25, 0.3) is 0 Å². The van der Waals surface area contributed by atoms with Gasteiger partial charge in [-0.2, -0.15) is 0 Å². The third kappa shape index (κ3) is 4.67. The SMILES string of the molecule is CCC(=O)Nc1nc(-c2cccc(NC(=O)/C=C/c3ccco3)c2)cs1. The molecule has 0 bridgehead atoms. The molecule has 1 aromatic carbocycles. The number of nitrogens with zero attached hydrogens (tertiary/aromatic N) is 1. The minimum atomic E-state index is -0.257. The lowest BCUT2D eigenvalue weighted by atomic mass is 10.1. The Balaban J connectivity index is 1.68. The first kappa shape index (κ1) is 17.6. The quantitative estimate of drug-likeness (QED) is 0.632. The zero-order valence-corrected chi connectivity index (χ0v) is 14.9. The minimum absolute atomic E-state index is 0.0738. The summed E-state index contributed by atoms with van der Waals surface area (Å²) in [5.74, 6) is 0.279. The third-order valence-electron chi connectivity index (χ3n) is 3.44. The maximum Gasteiger partial charge on any atom is 0.248 e. The van der Waals surface area contributed by atoms with E-state index in [4.69, 9.17) is 4.42 Å². The molecule has 0 aliphatic rings. The van der Waals surface area contributed by atoms with Gasteiger partial charge in [-0.05, 0) is 30.3 Å². The molecule has 26 heavy (non-hydrogen) atoms. The third-order valence-corrected chi connectivity index (χ3v) is 4.20. The summed E-state index contributed by atoms with van der Waals surface area (Å²) in [7, 11) is 0. The van der Waals surface area contributed by atoms with Crippen LogP contribution in [0.25, 0.3) is 17.3 Å². The molecule has 2 amide bonds. The van der Waals surface area contributed by atoms with Crippen molar-refractivity contribution in [1.82, 2.24) is 4.98 Å². The maximum atomic E-state index is 12.0. The van der Waals surface area contributed by atoms with Crippen LogP contribution >= 0.6 is 11.3 Å². The molecule has 7 heteroatoms. The number of rotatable bonds is 6. The highest BCUT2D eigenvalue weighted by atomic mass is 32.1. The van der Waals surface area contributed by atoms with Crippen molar-refractivity contribution in [3.8, 4) is 11.3 Å². The van der Waals surface area contributed by atoms with E-state index in [0.717, 1.165) is 11.3 Å². The van der Waals surface area contributed by atoms with Crippen LogP contribution in [0.2, 0.25) is 0 Å². The van der Waals surface area contributed by atoms with Gasteiger partial charge in [0.2, 0.25) is 11.8 Å². The number of furan rings is 1. The van der Waals surface area contributed by atoms with E-state index in [9.17, 15) is 9.59 Å². The number of amides is 2. The molecule has 3 rings (SSSR count). The predicted octanol–water partition coefficient (Wildman–Crippen LogP) is 4.40. The largest absolute Gasteiger partial charge is 0.465 e. The molecule has 0 saturated carbocycles. The van der Waals surface area contributed by atoms with E-state index in [1.165, 1.54) is 17.4 Å². The lowest BCUT2D eigenvalue weighted by Crippen LogP contribution is -2.09. The van der Waals surface area contributed by atoms with Crippen molar-refractivity contribution in [2.45, 2.75) is 13.3 Å². The van der Waals surface area contributed by atoms with Crippen LogP contribution in [-0.2, 0) is 9.59 Å². The first-order valence-electron chi connectivity index (χ1n) is 8.02. The van der Waals surface area contributed by atoms with Crippen molar-refractivity contribution in [3.63, 3.8) is 0 Å². The Morgan fingerprint density at radius 1 is 1.23 bits per heavy atom. The van der Waals surface area contributed by atoms with Crippen LogP contribution < -0.4 is 10.6 Å². The smallest absolute Gasteiger partial charge is 0.248 e. The van der Waals surface area contributed by atoms with Crippen LogP contribution in [0.3, 0.4) is 0 Å². The molecule has 3 aromatic rings. The van der Waals surface area contributed by atoms with Crippen molar-refractivity contribution in [2.75, 3.05) is 10.6 Å². The second-order valence-electron chi connectivity index (χ2n) is 5.36. The molecule has 132 valence electrons. The maximum absolute atomic E-state index is 12.0. The first-order chi connectivity index (χ1) is 12.6. The fourth-order valence-corrected chi connectivity index (χ4v) is 2.89. The number of thiazole rings is 1. The number of anilines is 2. The standard InChI is InChI=1S/C19H17N3O3S/c1-2-17(23)22-19-21-16(12-26-19)13-5-3-6-14(11-13)20-18(24)9-8-15-7-4-10-25-15/h3-12H,2H2,1H3,(H,20,24)(H,21,22,23)/b9-8+. The Hall–Kier alpha value is -3.19. The molecular weight excluding hydrogens is 350 g/mol. The van der Waals surface area contributed by atoms with E-state index in [1.807, 2.05) is 23.6 Å². The Bertz CT molecular complexity index is 929. The highest BCUT2D eigenvalue weighted by Crippen LogP contribution is 2.27. The van der Waals surface area contributed by atoms with Crippen LogP contribution in [0, 0.1) is 0 Å². The molecule has 0 aliphatic heterocycles. The molecule has 6 nitrogen and oxygen atoms in total. The van der Waals surface area contributed by atoms with Gasteiger partial charge >= 0.3 is 0 Å². The van der Waals surface area contributed by atoms with Gasteiger partial charge in [0, 0.05) is 29.1 Å². The second-order valence-corrected chi connectivity index (χ2v) is 6.22. The van der Waals surface area contributed by atoms with Crippen LogP contribution in [-0.4, -0.2) is 16.8 Å². The highest BCUT2D eigenvalue weighted by molar-refractivity contribution is 7.14. The number of aromatic nitrogens is 1. The summed E-state index contributed by atoms with van der Waals surface area (Å²) < 4.78 is 5.15. The van der Waals surface area contributed by atoms with E-state index in [1.54, 1.807) is 37.5 Å². The molecule has 2 heterocycles. The van der Waals surface area contributed by atoms with Crippen molar-refractivity contribution >= 4 is 40.0 Å². The van der Waals surface area contributed by atoms with Crippen LogP contribution in [0.1, 0.15) is 19.1 Å². The molecule has 0 saturated heterocycles. The average molecular weight is 367 g/mol. The molecule has 0 fully saturated rings. The lowest BCUT2D eigenvalue weighted by molar-refractivity contribution is -0.116. The lowest BCUT2D eigenvalue weighted by Gasteiger charge is -2.04. The molecular formula is C19H17N3O3S. The molecule has 0 spiro atoms. The predicted molar refractivity (Wildman–Crippen MR) is 103 cm³/mol. The fraction of sp³-hybridized carbons (Fsp3) is 0.105. The summed E-state index contributed by atoms with van der Waals surface area (Å²) >= 11 is 1.36. The van der Waals surface area contributed by atoms with E-state index in [0.29, 0.717) is 23.0 Å². The molecule has 0 radical (unpaired) electrons. The molecule has 0 aliphatic carbocycles. The number of carbonyl (C=O) groups is 2. The molecule has 0 atom stereocenters. The van der Waals surface area contributed by atoms with Crippen molar-refractivity contribution in [2.24, 2.45) is 0 Å². The summed E-state index contributed by atoms with van der Waals surface area (Å²) in [4.78, 5) is 27.9. The van der Waals surface area contributed by atoms with E-state index >= 15 is 0 Å². The number of hydrogen-bond donors (Lipinski definition) is 2. The van der Waals surface area contributed by atoms with Crippen molar-refractivity contribution in [3.05, 3.63) is 59.9 Å². The van der Waals surface area contributed by atoms with Gasteiger partial charge in [0.05, 0.1) is 12.0 Å². The van der Waals surface area contributed by atoms with Gasteiger partial charge in [-0.3, -0.25) is 9.59 Å². The van der Waals surface area contributed by atoms with E-state index < -0.39 is 0 Å². The Morgan fingerprint density at radius 2 is 2.12 bits per heavy atom. The van der Waals surface area contributed by atoms with Gasteiger partial charge in [-0.25, -0.2) is 4.98 Å². The van der Waals surface area contributed by atoms with Gasteiger partial charge in [-0.15, -0.1) is 11.3 Å². The summed E-state index contributed by atoms with van der Waals surface area (Å²) in [6, 6.07) is 10.9. The Labute approximate surface area is 154 Å². The molecule has 0 unspecified atom stereocenters. The number of carbonyl (C=O) groups excluding carboxylic acids is 2. The van der Waals surface area contributed by atoms with Crippen molar-refractivity contribution in [1.29, 1.82) is 0 Å². The number of hydrogen-bond acceptors (Lipinski definition) is 5. The second kappa shape index (κ2) is 8.26. The topological polar surface area (TPSA) is 84.2 Å². The van der Waals surface area contributed by atoms with Crippen LogP contribution in [0.15, 0.2) is 58.5 Å². The molecule has 2 N–H and O–H groups in total. The normalized spacial score (nSPS) is 10.8. The zero-order chi connectivity index (χ0) is 18.4. The molecule has 2 aromatic heterocycles. The summed E-state index contributed by atoms with van der Waals surface area (Å²) in [5, 5.41) is 7.96. The van der Waals surface area contributed by atoms with Crippen molar-refractivity contribution < 1.29 is 14.0 Å². The summed E-state index contributed by atoms with van der Waals surface area (Å²) in [6.07, 6.45) is 4.96. The van der Waals surface area contributed by atoms with Gasteiger partial charge in [0.15, 0.2) is 5.13 Å². The number of nitrogens with one attached hydrogen (secondary N) is 2. The number of benzene rings is 1. The Morgan fingerprint density at radius 3 is 2.88 bits per heavy atom. The Kier molecular flexibility index (Phi) is 5.60. The monoisotopic (exact) mass is 367 g/mol. The fourth-order valence-electron chi connectivity index (χ4n) is 2.16. The summed E-state index contributed by atoms with van der Waals surface area (Å²) in [6.45, 7) is 1.79. The van der Waals surface area contributed by atoms with Crippen LogP contribution in [0.5, 0.6) is 0 Å². The minimum Gasteiger partial charge on any atom is -0.465 e. The van der Waals surface area contributed by atoms with Crippen LogP contribution in [0.4, 0.5) is 10.8 Å². The highest BCUT2D eigenvalue weighted by Gasteiger charge is 2.08. The van der Waals surface area contributed by atoms with Gasteiger partial charge in [-0.1, -0.05) is 19.1 Å².